The van der Waals surface area contributed by atoms with Gasteiger partial charge in [0.1, 0.15) is 0 Å². The molecule has 2 aromatic carbocycles. The summed E-state index contributed by atoms with van der Waals surface area (Å²) >= 11 is 5.86. The molecule has 3 rings (SSSR count). The number of nitrogens with zero attached hydrogens (tertiary/aromatic N) is 3. The van der Waals surface area contributed by atoms with Crippen molar-refractivity contribution in [3.05, 3.63) is 77.1 Å². The van der Waals surface area contributed by atoms with Crippen LogP contribution >= 0.6 is 11.6 Å². The maximum atomic E-state index is 5.86. The van der Waals surface area contributed by atoms with Gasteiger partial charge in [-0.15, -0.1) is 0 Å². The molecule has 5 heteroatoms. The van der Waals surface area contributed by atoms with Crippen molar-refractivity contribution in [3.8, 4) is 5.69 Å². The third-order valence-corrected chi connectivity index (χ3v) is 3.33. The molecular weight excluding hydrogens is 284 g/mol. The number of nitrogens with one attached hydrogen (secondary N) is 1. The number of hydrogen-bond donors (Lipinski definition) is 1. The lowest BCUT2D eigenvalue weighted by atomic mass is 10.2. The molecule has 0 fully saturated rings. The fraction of sp³-hybridized carbons (Fsp3) is 0.125. The first-order valence-electron chi connectivity index (χ1n) is 6.73. The predicted molar refractivity (Wildman–Crippen MR) is 83.4 cm³/mol. The van der Waals surface area contributed by atoms with Crippen LogP contribution in [-0.2, 0) is 13.1 Å². The molecule has 0 amide bonds. The predicted octanol–water partition coefficient (Wildman–Crippen LogP) is 3.21. The first-order chi connectivity index (χ1) is 10.3. The monoisotopic (exact) mass is 298 g/mol. The summed E-state index contributed by atoms with van der Waals surface area (Å²) in [4.78, 5) is 1.64. The summed E-state index contributed by atoms with van der Waals surface area (Å²) in [6.07, 6.45) is 1.78. The summed E-state index contributed by atoms with van der Waals surface area (Å²) in [7, 11) is 0. The third kappa shape index (κ3) is 3.68. The van der Waals surface area contributed by atoms with E-state index in [1.807, 2.05) is 54.6 Å². The number of para-hydroxylation sites is 1. The van der Waals surface area contributed by atoms with Gasteiger partial charge >= 0.3 is 0 Å². The minimum absolute atomic E-state index is 0.676. The zero-order valence-electron chi connectivity index (χ0n) is 11.4. The van der Waals surface area contributed by atoms with Gasteiger partial charge in [-0.25, -0.2) is 0 Å². The topological polar surface area (TPSA) is 42.7 Å². The first-order valence-corrected chi connectivity index (χ1v) is 7.11. The molecule has 106 valence electrons. The van der Waals surface area contributed by atoms with Crippen molar-refractivity contribution in [3.63, 3.8) is 0 Å². The van der Waals surface area contributed by atoms with E-state index in [1.54, 1.807) is 11.0 Å². The van der Waals surface area contributed by atoms with Crippen LogP contribution in [-0.4, -0.2) is 15.0 Å². The molecule has 4 nitrogen and oxygen atoms in total. The molecule has 0 aliphatic rings. The van der Waals surface area contributed by atoms with Gasteiger partial charge in [-0.1, -0.05) is 41.9 Å². The number of hydrogen-bond acceptors (Lipinski definition) is 3. The quantitative estimate of drug-likeness (QED) is 0.786. The second-order valence-electron chi connectivity index (χ2n) is 4.69. The molecule has 0 unspecified atom stereocenters. The van der Waals surface area contributed by atoms with Gasteiger partial charge in [0, 0.05) is 18.1 Å². The van der Waals surface area contributed by atoms with Crippen molar-refractivity contribution in [2.75, 3.05) is 0 Å². The van der Waals surface area contributed by atoms with Crippen LogP contribution in [0.4, 0.5) is 0 Å². The first kappa shape index (κ1) is 13.8. The average Bonchev–Trinajstić information content (AvgIpc) is 2.99. The molecule has 0 aliphatic carbocycles. The molecule has 0 atom stereocenters. The van der Waals surface area contributed by atoms with Crippen LogP contribution in [0.3, 0.4) is 0 Å². The summed E-state index contributed by atoms with van der Waals surface area (Å²) in [5, 5.41) is 12.8. The van der Waals surface area contributed by atoms with Crippen LogP contribution in [0, 0.1) is 0 Å². The largest absolute Gasteiger partial charge is 0.307 e. The molecule has 0 saturated carbocycles. The maximum absolute atomic E-state index is 5.86. The zero-order chi connectivity index (χ0) is 14.5. The maximum Gasteiger partial charge on any atom is 0.0969 e. The van der Waals surface area contributed by atoms with Gasteiger partial charge in [0.2, 0.25) is 0 Å². The van der Waals surface area contributed by atoms with Crippen LogP contribution in [0.1, 0.15) is 11.3 Å². The lowest BCUT2D eigenvalue weighted by Gasteiger charge is -2.03. The molecule has 21 heavy (non-hydrogen) atoms. The molecule has 0 bridgehead atoms. The standard InChI is InChI=1S/C16H15ClN4/c17-14-8-6-13(7-9-14)10-18-11-15-12-19-21(20-15)16-4-2-1-3-5-16/h1-9,12,18H,10-11H2. The molecule has 1 N–H and O–H groups in total. The number of rotatable bonds is 5. The second-order valence-corrected chi connectivity index (χ2v) is 5.13. The van der Waals surface area contributed by atoms with Crippen LogP contribution in [0.2, 0.25) is 5.02 Å². The van der Waals surface area contributed by atoms with Gasteiger partial charge in [-0.05, 0) is 29.8 Å². The molecule has 0 aliphatic heterocycles. The van der Waals surface area contributed by atoms with Crippen molar-refractivity contribution < 1.29 is 0 Å². The van der Waals surface area contributed by atoms with Crippen LogP contribution in [0.5, 0.6) is 0 Å². The van der Waals surface area contributed by atoms with E-state index in [4.69, 9.17) is 11.6 Å². The van der Waals surface area contributed by atoms with Crippen LogP contribution < -0.4 is 5.32 Å². The van der Waals surface area contributed by atoms with Crippen LogP contribution in [0.15, 0.2) is 60.8 Å². The van der Waals surface area contributed by atoms with Gasteiger partial charge in [0.25, 0.3) is 0 Å². The Kier molecular flexibility index (Phi) is 4.28. The molecule has 0 saturated heterocycles. The van der Waals surface area contributed by atoms with E-state index in [2.05, 4.69) is 15.5 Å². The van der Waals surface area contributed by atoms with E-state index in [1.165, 1.54) is 5.56 Å². The summed E-state index contributed by atoms with van der Waals surface area (Å²) < 4.78 is 0. The molecule has 3 aromatic rings. The highest BCUT2D eigenvalue weighted by Gasteiger charge is 2.02. The van der Waals surface area contributed by atoms with Gasteiger partial charge in [0.05, 0.1) is 17.6 Å². The lowest BCUT2D eigenvalue weighted by molar-refractivity contribution is 0.662. The minimum atomic E-state index is 0.676. The fourth-order valence-corrected chi connectivity index (χ4v) is 2.12. The number of benzene rings is 2. The third-order valence-electron chi connectivity index (χ3n) is 3.07. The number of aromatic nitrogens is 3. The van der Waals surface area contributed by atoms with E-state index >= 15 is 0 Å². The molecule has 0 radical (unpaired) electrons. The van der Waals surface area contributed by atoms with E-state index in [-0.39, 0.29) is 0 Å². The van der Waals surface area contributed by atoms with E-state index in [0.717, 1.165) is 22.9 Å². The number of halogens is 1. The second kappa shape index (κ2) is 6.52. The van der Waals surface area contributed by atoms with Gasteiger partial charge in [-0.3, -0.25) is 0 Å². The van der Waals surface area contributed by atoms with Crippen LogP contribution in [0.25, 0.3) is 5.69 Å². The highest BCUT2D eigenvalue weighted by atomic mass is 35.5. The Balaban J connectivity index is 1.57. The van der Waals surface area contributed by atoms with Crippen molar-refractivity contribution in [2.45, 2.75) is 13.1 Å². The van der Waals surface area contributed by atoms with Gasteiger partial charge < -0.3 is 5.32 Å². The van der Waals surface area contributed by atoms with E-state index < -0.39 is 0 Å². The Morgan fingerprint density at radius 2 is 1.71 bits per heavy atom. The smallest absolute Gasteiger partial charge is 0.0969 e. The van der Waals surface area contributed by atoms with E-state index in [0.29, 0.717) is 6.54 Å². The summed E-state index contributed by atoms with van der Waals surface area (Å²) in [6.45, 7) is 1.45. The molecule has 0 spiro atoms. The lowest BCUT2D eigenvalue weighted by Crippen LogP contribution is -2.13. The Morgan fingerprint density at radius 3 is 2.48 bits per heavy atom. The normalized spacial score (nSPS) is 10.7. The summed E-state index contributed by atoms with van der Waals surface area (Å²) in [6, 6.07) is 17.7. The fourth-order valence-electron chi connectivity index (χ4n) is 2.00. The van der Waals surface area contributed by atoms with Crippen molar-refractivity contribution >= 4 is 11.6 Å². The van der Waals surface area contributed by atoms with Crippen molar-refractivity contribution in [2.24, 2.45) is 0 Å². The molecule has 1 aromatic heterocycles. The minimum Gasteiger partial charge on any atom is -0.307 e. The highest BCUT2D eigenvalue weighted by Crippen LogP contribution is 2.09. The highest BCUT2D eigenvalue weighted by molar-refractivity contribution is 6.30. The van der Waals surface area contributed by atoms with Crippen molar-refractivity contribution in [1.29, 1.82) is 0 Å². The molecule has 1 heterocycles. The Bertz CT molecular complexity index is 692. The SMILES string of the molecule is Clc1ccc(CNCc2cnn(-c3ccccc3)n2)cc1. The van der Waals surface area contributed by atoms with Gasteiger partial charge in [0.15, 0.2) is 0 Å². The Hall–Kier alpha value is -2.17. The van der Waals surface area contributed by atoms with Crippen molar-refractivity contribution in [1.82, 2.24) is 20.3 Å². The summed E-state index contributed by atoms with van der Waals surface area (Å²) in [5.41, 5.74) is 3.06. The average molecular weight is 299 g/mol. The Labute approximate surface area is 128 Å². The van der Waals surface area contributed by atoms with E-state index in [9.17, 15) is 0 Å². The summed E-state index contributed by atoms with van der Waals surface area (Å²) in [5.74, 6) is 0. The zero-order valence-corrected chi connectivity index (χ0v) is 12.2. The Morgan fingerprint density at radius 1 is 0.952 bits per heavy atom. The molecular formula is C16H15ClN4. The van der Waals surface area contributed by atoms with Gasteiger partial charge in [-0.2, -0.15) is 15.0 Å².